The molecule has 0 bridgehead atoms. The maximum atomic E-state index is 12.1. The van der Waals surface area contributed by atoms with Gasteiger partial charge in [-0.3, -0.25) is 4.79 Å². The second-order valence-electron chi connectivity index (χ2n) is 5.06. The first-order valence-corrected chi connectivity index (χ1v) is 6.67. The van der Waals surface area contributed by atoms with Crippen molar-refractivity contribution in [2.24, 2.45) is 0 Å². The predicted octanol–water partition coefficient (Wildman–Crippen LogP) is 4.35. The van der Waals surface area contributed by atoms with Gasteiger partial charge < -0.3 is 5.32 Å². The zero-order chi connectivity index (χ0) is 14.5. The van der Waals surface area contributed by atoms with Gasteiger partial charge in [-0.15, -0.1) is 0 Å². The van der Waals surface area contributed by atoms with Gasteiger partial charge in [0.2, 0.25) is 0 Å². The zero-order valence-electron chi connectivity index (χ0n) is 12.1. The van der Waals surface area contributed by atoms with E-state index in [1.807, 2.05) is 75.4 Å². The van der Waals surface area contributed by atoms with Crippen LogP contribution in [0.2, 0.25) is 0 Å². The minimum absolute atomic E-state index is 0.0746. The third-order valence-electron chi connectivity index (χ3n) is 3.13. The Morgan fingerprint density at radius 2 is 1.40 bits per heavy atom. The van der Waals surface area contributed by atoms with Crippen molar-refractivity contribution in [3.8, 4) is 0 Å². The van der Waals surface area contributed by atoms with Crippen LogP contribution in [-0.4, -0.2) is 5.91 Å². The lowest BCUT2D eigenvalue weighted by Crippen LogP contribution is -2.12. The molecule has 2 rings (SSSR count). The summed E-state index contributed by atoms with van der Waals surface area (Å²) in [6, 6.07) is 15.9. The zero-order valence-corrected chi connectivity index (χ0v) is 12.1. The highest BCUT2D eigenvalue weighted by molar-refractivity contribution is 6.06. The van der Waals surface area contributed by atoms with E-state index in [0.29, 0.717) is 5.57 Å². The molecule has 0 aromatic heterocycles. The SMILES string of the molecule is C/C(=C\c1ccc(C)cc1)C(=O)Nc1ccc(C)cc1. The number of hydrogen-bond acceptors (Lipinski definition) is 1. The number of nitrogens with one attached hydrogen (secondary N) is 1. The fraction of sp³-hybridized carbons (Fsp3) is 0.167. The Morgan fingerprint density at radius 1 is 0.900 bits per heavy atom. The molecule has 1 N–H and O–H groups in total. The van der Waals surface area contributed by atoms with E-state index < -0.39 is 0 Å². The first-order valence-electron chi connectivity index (χ1n) is 6.67. The molecule has 0 spiro atoms. The lowest BCUT2D eigenvalue weighted by atomic mass is 10.1. The van der Waals surface area contributed by atoms with Gasteiger partial charge in [-0.2, -0.15) is 0 Å². The monoisotopic (exact) mass is 265 g/mol. The van der Waals surface area contributed by atoms with Gasteiger partial charge in [-0.05, 0) is 44.5 Å². The molecule has 0 atom stereocenters. The van der Waals surface area contributed by atoms with Crippen molar-refractivity contribution in [1.82, 2.24) is 0 Å². The number of benzene rings is 2. The highest BCUT2D eigenvalue weighted by atomic mass is 16.1. The molecule has 0 saturated heterocycles. The molecular weight excluding hydrogens is 246 g/mol. The van der Waals surface area contributed by atoms with Crippen LogP contribution in [0.5, 0.6) is 0 Å². The van der Waals surface area contributed by atoms with Crippen molar-refractivity contribution in [3.63, 3.8) is 0 Å². The quantitative estimate of drug-likeness (QED) is 0.821. The van der Waals surface area contributed by atoms with Gasteiger partial charge in [0.1, 0.15) is 0 Å². The van der Waals surface area contributed by atoms with Gasteiger partial charge in [0.15, 0.2) is 0 Å². The van der Waals surface area contributed by atoms with Gasteiger partial charge in [-0.1, -0.05) is 47.5 Å². The molecule has 2 aromatic carbocycles. The molecular formula is C18H19NO. The molecule has 2 nitrogen and oxygen atoms in total. The van der Waals surface area contributed by atoms with E-state index in [9.17, 15) is 4.79 Å². The molecule has 0 aliphatic carbocycles. The van der Waals surface area contributed by atoms with Crippen LogP contribution >= 0.6 is 0 Å². The van der Waals surface area contributed by atoms with Crippen LogP contribution in [0.1, 0.15) is 23.6 Å². The summed E-state index contributed by atoms with van der Waals surface area (Å²) < 4.78 is 0. The Labute approximate surface area is 120 Å². The van der Waals surface area contributed by atoms with Gasteiger partial charge in [0.05, 0.1) is 0 Å². The normalized spacial score (nSPS) is 11.2. The summed E-state index contributed by atoms with van der Waals surface area (Å²) in [6.07, 6.45) is 1.89. The highest BCUT2D eigenvalue weighted by Crippen LogP contribution is 2.12. The van der Waals surface area contributed by atoms with E-state index >= 15 is 0 Å². The fourth-order valence-electron chi connectivity index (χ4n) is 1.84. The van der Waals surface area contributed by atoms with Gasteiger partial charge >= 0.3 is 0 Å². The van der Waals surface area contributed by atoms with E-state index in [0.717, 1.165) is 11.3 Å². The van der Waals surface area contributed by atoms with E-state index in [1.165, 1.54) is 11.1 Å². The van der Waals surface area contributed by atoms with E-state index in [1.54, 1.807) is 0 Å². The van der Waals surface area contributed by atoms with Crippen molar-refractivity contribution < 1.29 is 4.79 Å². The van der Waals surface area contributed by atoms with Crippen LogP contribution in [0.3, 0.4) is 0 Å². The molecule has 0 radical (unpaired) electrons. The fourth-order valence-corrected chi connectivity index (χ4v) is 1.84. The molecule has 0 saturated carbocycles. The summed E-state index contributed by atoms with van der Waals surface area (Å²) in [5, 5.41) is 2.89. The molecule has 0 heterocycles. The summed E-state index contributed by atoms with van der Waals surface area (Å²) in [7, 11) is 0. The van der Waals surface area contributed by atoms with Crippen LogP contribution in [0.4, 0.5) is 5.69 Å². The van der Waals surface area contributed by atoms with Crippen LogP contribution in [0.15, 0.2) is 54.1 Å². The summed E-state index contributed by atoms with van der Waals surface area (Å²) in [5.41, 5.74) is 4.93. The summed E-state index contributed by atoms with van der Waals surface area (Å²) in [5.74, 6) is -0.0746. The second-order valence-corrected chi connectivity index (χ2v) is 5.06. The van der Waals surface area contributed by atoms with Crippen LogP contribution in [-0.2, 0) is 4.79 Å². The van der Waals surface area contributed by atoms with E-state index in [-0.39, 0.29) is 5.91 Å². The largest absolute Gasteiger partial charge is 0.322 e. The van der Waals surface area contributed by atoms with Gasteiger partial charge in [0.25, 0.3) is 5.91 Å². The molecule has 20 heavy (non-hydrogen) atoms. The van der Waals surface area contributed by atoms with E-state index in [2.05, 4.69) is 5.32 Å². The Balaban J connectivity index is 2.08. The van der Waals surface area contributed by atoms with E-state index in [4.69, 9.17) is 0 Å². The smallest absolute Gasteiger partial charge is 0.251 e. The summed E-state index contributed by atoms with van der Waals surface area (Å²) in [6.45, 7) is 5.89. The Kier molecular flexibility index (Phi) is 4.36. The third kappa shape index (κ3) is 3.82. The number of hydrogen-bond donors (Lipinski definition) is 1. The van der Waals surface area contributed by atoms with Crippen LogP contribution in [0.25, 0.3) is 6.08 Å². The topological polar surface area (TPSA) is 29.1 Å². The van der Waals surface area contributed by atoms with Gasteiger partial charge in [0, 0.05) is 11.3 Å². The lowest BCUT2D eigenvalue weighted by Gasteiger charge is -2.06. The molecule has 0 aliphatic heterocycles. The molecule has 0 unspecified atom stereocenters. The number of amides is 1. The Morgan fingerprint density at radius 3 is 1.95 bits per heavy atom. The molecule has 0 fully saturated rings. The van der Waals surface area contributed by atoms with Crippen LogP contribution < -0.4 is 5.32 Å². The number of anilines is 1. The number of carbonyl (C=O) groups is 1. The first kappa shape index (κ1) is 14.1. The van der Waals surface area contributed by atoms with Crippen molar-refractivity contribution in [2.45, 2.75) is 20.8 Å². The minimum atomic E-state index is -0.0746. The standard InChI is InChI=1S/C18H19NO/c1-13-4-8-16(9-5-13)12-15(3)18(20)19-17-10-6-14(2)7-11-17/h4-12H,1-3H3,(H,19,20)/b15-12+. The number of rotatable bonds is 3. The lowest BCUT2D eigenvalue weighted by molar-refractivity contribution is -0.112. The minimum Gasteiger partial charge on any atom is -0.322 e. The predicted molar refractivity (Wildman–Crippen MR) is 84.6 cm³/mol. The van der Waals surface area contributed by atoms with Crippen molar-refractivity contribution in [3.05, 3.63) is 70.8 Å². The van der Waals surface area contributed by atoms with Crippen molar-refractivity contribution in [1.29, 1.82) is 0 Å². The second kappa shape index (κ2) is 6.20. The molecule has 102 valence electrons. The Hall–Kier alpha value is -2.35. The first-order chi connectivity index (χ1) is 9.54. The molecule has 1 amide bonds. The number of carbonyl (C=O) groups excluding carboxylic acids is 1. The van der Waals surface area contributed by atoms with Crippen molar-refractivity contribution in [2.75, 3.05) is 5.32 Å². The van der Waals surface area contributed by atoms with Gasteiger partial charge in [-0.25, -0.2) is 0 Å². The van der Waals surface area contributed by atoms with Crippen molar-refractivity contribution >= 4 is 17.7 Å². The summed E-state index contributed by atoms with van der Waals surface area (Å²) >= 11 is 0. The highest BCUT2D eigenvalue weighted by Gasteiger charge is 2.04. The Bertz CT molecular complexity index is 621. The maximum Gasteiger partial charge on any atom is 0.251 e. The number of aryl methyl sites for hydroxylation is 2. The molecule has 2 heteroatoms. The average Bonchev–Trinajstić information content (AvgIpc) is 2.44. The van der Waals surface area contributed by atoms with Crippen LogP contribution in [0, 0.1) is 13.8 Å². The molecule has 2 aromatic rings. The molecule has 0 aliphatic rings. The summed E-state index contributed by atoms with van der Waals surface area (Å²) in [4.78, 5) is 12.1. The maximum absolute atomic E-state index is 12.1. The third-order valence-corrected chi connectivity index (χ3v) is 3.13. The average molecular weight is 265 g/mol.